The Morgan fingerprint density at radius 1 is 0.443 bits per heavy atom. The van der Waals surface area contributed by atoms with Crippen molar-refractivity contribution >= 4 is 19.8 Å². The lowest BCUT2D eigenvalue weighted by atomic mass is 10.0. The minimum atomic E-state index is -4.39. The zero-order valence-corrected chi connectivity index (χ0v) is 47.1. The van der Waals surface area contributed by atoms with Gasteiger partial charge in [-0.1, -0.05) is 222 Å². The van der Waals surface area contributed by atoms with Crippen LogP contribution in [0.15, 0.2) is 60.8 Å². The normalized spacial score (nSPS) is 13.7. The number of carbonyl (C=O) groups is 2. The van der Waals surface area contributed by atoms with E-state index >= 15 is 0 Å². The molecule has 2 unspecified atom stereocenters. The fraction of sp³-hybridized carbons (Fsp3) is 0.800. The summed E-state index contributed by atoms with van der Waals surface area (Å²) >= 11 is 0. The van der Waals surface area contributed by atoms with Gasteiger partial charge in [-0.05, 0) is 83.5 Å². The molecule has 0 heterocycles. The number of phosphoric ester groups is 1. The summed E-state index contributed by atoms with van der Waals surface area (Å²) in [5.41, 5.74) is 0. The number of quaternary nitrogens is 1. The van der Waals surface area contributed by atoms with Crippen LogP contribution in [0.3, 0.4) is 0 Å². The third-order valence-corrected chi connectivity index (χ3v) is 13.5. The number of hydrogen-bond acceptors (Lipinski definition) is 7. The van der Waals surface area contributed by atoms with Crippen LogP contribution in [0.25, 0.3) is 0 Å². The maximum atomic E-state index is 12.8. The molecule has 0 rings (SSSR count). The van der Waals surface area contributed by atoms with Crippen LogP contribution in [0, 0.1) is 0 Å². The molecular formula is C60H111NO8P+. The Hall–Kier alpha value is -2.29. The van der Waals surface area contributed by atoms with Crippen molar-refractivity contribution in [3.05, 3.63) is 60.8 Å². The monoisotopic (exact) mass is 1000 g/mol. The molecule has 0 aliphatic carbocycles. The molecule has 0 aromatic carbocycles. The largest absolute Gasteiger partial charge is 0.472 e. The first kappa shape index (κ1) is 67.7. The number of ether oxygens (including phenoxy) is 2. The summed E-state index contributed by atoms with van der Waals surface area (Å²) in [6.07, 6.45) is 65.8. The van der Waals surface area contributed by atoms with E-state index < -0.39 is 26.5 Å². The van der Waals surface area contributed by atoms with Gasteiger partial charge in [0.25, 0.3) is 0 Å². The Labute approximate surface area is 432 Å². The molecule has 0 aliphatic rings. The lowest BCUT2D eigenvalue weighted by Crippen LogP contribution is -2.37. The molecule has 0 aromatic heterocycles. The maximum Gasteiger partial charge on any atom is 0.472 e. The van der Waals surface area contributed by atoms with E-state index in [-0.39, 0.29) is 32.0 Å². The Balaban J connectivity index is 4.09. The highest BCUT2D eigenvalue weighted by molar-refractivity contribution is 7.47. The molecule has 10 heteroatoms. The van der Waals surface area contributed by atoms with Gasteiger partial charge in [0.15, 0.2) is 6.10 Å². The van der Waals surface area contributed by atoms with Gasteiger partial charge in [0, 0.05) is 12.8 Å². The number of esters is 2. The number of rotatable bonds is 53. The highest BCUT2D eigenvalue weighted by Gasteiger charge is 2.27. The summed E-state index contributed by atoms with van der Waals surface area (Å²) < 4.78 is 34.5. The standard InChI is InChI=1S/C60H110NO8P/c1-6-8-10-12-14-16-18-20-22-23-24-25-26-27-28-29-30-31-32-33-34-35-36-37-39-41-43-45-47-49-51-53-60(63)69-58(57-68-70(64,65)67-55-54-61(3,4)5)56-66-59(62)52-50-48-46-44-42-40-38-21-19-17-15-13-11-9-7-2/h15,17-18,20-21,23-24,26-27,38,58H,6-14,16,19,22,25,28-37,39-57H2,1-5H3/p+1/b17-15-,20-18-,24-23-,27-26-,38-21-. The van der Waals surface area contributed by atoms with E-state index in [1.165, 1.54) is 154 Å². The molecule has 0 saturated carbocycles. The summed E-state index contributed by atoms with van der Waals surface area (Å²) in [7, 11) is 1.47. The van der Waals surface area contributed by atoms with Crippen LogP contribution in [-0.2, 0) is 32.7 Å². The topological polar surface area (TPSA) is 108 Å². The molecule has 0 aromatic rings. The minimum Gasteiger partial charge on any atom is -0.462 e. The lowest BCUT2D eigenvalue weighted by molar-refractivity contribution is -0.870. The van der Waals surface area contributed by atoms with Gasteiger partial charge in [0.1, 0.15) is 19.8 Å². The Morgan fingerprint density at radius 3 is 1.17 bits per heavy atom. The van der Waals surface area contributed by atoms with Gasteiger partial charge in [-0.25, -0.2) is 4.57 Å². The van der Waals surface area contributed by atoms with Crippen molar-refractivity contribution in [2.45, 2.75) is 264 Å². The van der Waals surface area contributed by atoms with Crippen LogP contribution < -0.4 is 0 Å². The van der Waals surface area contributed by atoms with Crippen molar-refractivity contribution in [3.63, 3.8) is 0 Å². The molecule has 9 nitrogen and oxygen atoms in total. The van der Waals surface area contributed by atoms with Gasteiger partial charge in [0.2, 0.25) is 0 Å². The molecule has 2 atom stereocenters. The quantitative estimate of drug-likeness (QED) is 0.0211. The van der Waals surface area contributed by atoms with Crippen molar-refractivity contribution in [2.24, 2.45) is 0 Å². The molecule has 70 heavy (non-hydrogen) atoms. The van der Waals surface area contributed by atoms with Gasteiger partial charge in [-0.15, -0.1) is 0 Å². The molecule has 0 fully saturated rings. The Bertz CT molecular complexity index is 1370. The van der Waals surface area contributed by atoms with E-state index in [9.17, 15) is 19.0 Å². The van der Waals surface area contributed by atoms with E-state index in [0.717, 1.165) is 70.6 Å². The number of unbranched alkanes of at least 4 members (excludes halogenated alkanes) is 29. The van der Waals surface area contributed by atoms with Gasteiger partial charge >= 0.3 is 19.8 Å². The van der Waals surface area contributed by atoms with Crippen molar-refractivity contribution in [3.8, 4) is 0 Å². The van der Waals surface area contributed by atoms with Gasteiger partial charge in [-0.2, -0.15) is 0 Å². The highest BCUT2D eigenvalue weighted by Crippen LogP contribution is 2.43. The Morgan fingerprint density at radius 2 is 0.771 bits per heavy atom. The summed E-state index contributed by atoms with van der Waals surface area (Å²) in [4.78, 5) is 35.6. The van der Waals surface area contributed by atoms with Crippen LogP contribution in [-0.4, -0.2) is 74.9 Å². The summed E-state index contributed by atoms with van der Waals surface area (Å²) in [6.45, 7) is 4.39. The predicted octanol–water partition coefficient (Wildman–Crippen LogP) is 17.9. The molecule has 0 radical (unpaired) electrons. The third-order valence-electron chi connectivity index (χ3n) is 12.5. The molecule has 0 aliphatic heterocycles. The van der Waals surface area contributed by atoms with E-state index in [2.05, 4.69) is 74.6 Å². The van der Waals surface area contributed by atoms with Gasteiger partial charge in [-0.3, -0.25) is 18.6 Å². The van der Waals surface area contributed by atoms with E-state index in [1.807, 2.05) is 21.1 Å². The first-order chi connectivity index (χ1) is 34.0. The SMILES string of the molecule is CCCCC/C=C\C/C=C\CCCCCCCC(=O)OCC(COP(=O)(O)OCC[N+](C)(C)C)OC(=O)CCCCCCCCCCCCCCCCCC/C=C\C/C=C\C/C=C\CCCCCCC. The second-order valence-corrected chi connectivity index (χ2v) is 22.1. The molecule has 408 valence electrons. The van der Waals surface area contributed by atoms with Crippen LogP contribution in [0.5, 0.6) is 0 Å². The van der Waals surface area contributed by atoms with Gasteiger partial charge < -0.3 is 18.9 Å². The van der Waals surface area contributed by atoms with Crippen molar-refractivity contribution < 1.29 is 42.1 Å². The molecule has 0 bridgehead atoms. The van der Waals surface area contributed by atoms with Crippen LogP contribution >= 0.6 is 7.82 Å². The van der Waals surface area contributed by atoms with E-state index in [0.29, 0.717) is 17.4 Å². The highest BCUT2D eigenvalue weighted by atomic mass is 31.2. The molecule has 1 N–H and O–H groups in total. The second-order valence-electron chi connectivity index (χ2n) is 20.7. The summed E-state index contributed by atoms with van der Waals surface area (Å²) in [5, 5.41) is 0. The zero-order chi connectivity index (χ0) is 51.3. The lowest BCUT2D eigenvalue weighted by Gasteiger charge is -2.24. The minimum absolute atomic E-state index is 0.0284. The maximum absolute atomic E-state index is 12.8. The summed E-state index contributed by atoms with van der Waals surface area (Å²) in [5.74, 6) is -0.809. The number of allylic oxidation sites excluding steroid dienone is 10. The van der Waals surface area contributed by atoms with Crippen LogP contribution in [0.4, 0.5) is 0 Å². The fourth-order valence-corrected chi connectivity index (χ4v) is 8.74. The molecule has 0 saturated heterocycles. The average molecular weight is 1010 g/mol. The van der Waals surface area contributed by atoms with Crippen LogP contribution in [0.1, 0.15) is 258 Å². The van der Waals surface area contributed by atoms with Crippen molar-refractivity contribution in [1.29, 1.82) is 0 Å². The number of likely N-dealkylation sites (N-methyl/N-ethyl adjacent to an activating group) is 1. The molecular weight excluding hydrogens is 894 g/mol. The number of carbonyl (C=O) groups excluding carboxylic acids is 2. The van der Waals surface area contributed by atoms with Gasteiger partial charge in [0.05, 0.1) is 27.7 Å². The van der Waals surface area contributed by atoms with Crippen molar-refractivity contribution in [1.82, 2.24) is 0 Å². The third kappa shape index (κ3) is 55.0. The summed E-state index contributed by atoms with van der Waals surface area (Å²) in [6, 6.07) is 0. The average Bonchev–Trinajstić information content (AvgIpc) is 3.32. The predicted molar refractivity (Wildman–Crippen MR) is 298 cm³/mol. The second kappa shape index (κ2) is 51.6. The number of nitrogens with zero attached hydrogens (tertiary/aromatic N) is 1. The van der Waals surface area contributed by atoms with E-state index in [1.54, 1.807) is 0 Å². The molecule has 0 spiro atoms. The van der Waals surface area contributed by atoms with E-state index in [4.69, 9.17) is 18.5 Å². The van der Waals surface area contributed by atoms with Crippen LogP contribution in [0.2, 0.25) is 0 Å². The first-order valence-electron chi connectivity index (χ1n) is 29.0. The fourth-order valence-electron chi connectivity index (χ4n) is 7.99. The number of hydrogen-bond donors (Lipinski definition) is 1. The Kier molecular flexibility index (Phi) is 49.9. The smallest absolute Gasteiger partial charge is 0.462 e. The van der Waals surface area contributed by atoms with Crippen molar-refractivity contribution in [2.75, 3.05) is 47.5 Å². The number of phosphoric acid groups is 1. The first-order valence-corrected chi connectivity index (χ1v) is 30.5. The molecule has 0 amide bonds. The zero-order valence-electron chi connectivity index (χ0n) is 46.2.